The molecular weight excluding hydrogens is 520 g/mol. The van der Waals surface area contributed by atoms with Crippen molar-refractivity contribution in [3.8, 4) is 5.75 Å². The van der Waals surface area contributed by atoms with Crippen LogP contribution >= 0.6 is 11.6 Å². The highest BCUT2D eigenvalue weighted by molar-refractivity contribution is 6.53. The highest BCUT2D eigenvalue weighted by Crippen LogP contribution is 2.30. The van der Waals surface area contributed by atoms with Gasteiger partial charge >= 0.3 is 11.9 Å². The first kappa shape index (κ1) is 27.6. The minimum absolute atomic E-state index is 0.100. The zero-order chi connectivity index (χ0) is 27.9. The zero-order valence-electron chi connectivity index (χ0n) is 21.5. The second kappa shape index (κ2) is 12.4. The summed E-state index contributed by atoms with van der Waals surface area (Å²) in [4.78, 5) is 51.6. The third kappa shape index (κ3) is 6.18. The molecule has 0 saturated carbocycles. The molecule has 0 radical (unpaired) electrons. The standard InChI is InChI=1S/C30H27ClN2O6/c1-3-5-18-38-29(36)20-12-16-23(17-13-20)33-27(34)25(31)26(28(33)35)32-22-14-10-21(11-15-22)30(37)39-24-9-7-6-8-19(24)4-2/h6-17,32H,3-5,18H2,1-2H3. The lowest BCUT2D eigenvalue weighted by molar-refractivity contribution is -0.120. The number of para-hydroxylation sites is 1. The van der Waals surface area contributed by atoms with E-state index in [-0.39, 0.29) is 16.4 Å². The molecule has 2 amide bonds. The number of benzene rings is 3. The molecule has 3 aromatic carbocycles. The number of hydrogen-bond donors (Lipinski definition) is 1. The van der Waals surface area contributed by atoms with Crippen LogP contribution in [0, 0.1) is 0 Å². The van der Waals surface area contributed by atoms with Crippen molar-refractivity contribution in [1.82, 2.24) is 0 Å². The van der Waals surface area contributed by atoms with Gasteiger partial charge in [-0.1, -0.05) is 50.1 Å². The van der Waals surface area contributed by atoms with Gasteiger partial charge < -0.3 is 14.8 Å². The molecular formula is C30H27ClN2O6. The number of nitrogens with one attached hydrogen (secondary N) is 1. The average Bonchev–Trinajstić information content (AvgIpc) is 3.16. The first-order valence-corrected chi connectivity index (χ1v) is 12.9. The summed E-state index contributed by atoms with van der Waals surface area (Å²) < 4.78 is 10.7. The quantitative estimate of drug-likeness (QED) is 0.147. The van der Waals surface area contributed by atoms with E-state index in [9.17, 15) is 19.2 Å². The van der Waals surface area contributed by atoms with Crippen LogP contribution in [0.15, 0.2) is 83.5 Å². The highest BCUT2D eigenvalue weighted by atomic mass is 35.5. The van der Waals surface area contributed by atoms with Gasteiger partial charge in [0.2, 0.25) is 0 Å². The maximum absolute atomic E-state index is 13.1. The van der Waals surface area contributed by atoms with Gasteiger partial charge in [0, 0.05) is 5.69 Å². The van der Waals surface area contributed by atoms with Crippen LogP contribution in [0.3, 0.4) is 0 Å². The molecule has 3 aromatic rings. The number of halogens is 1. The van der Waals surface area contributed by atoms with Crippen LogP contribution in [-0.2, 0) is 20.7 Å². The molecule has 1 N–H and O–H groups in total. The van der Waals surface area contributed by atoms with E-state index in [4.69, 9.17) is 21.1 Å². The van der Waals surface area contributed by atoms with Gasteiger partial charge in [0.05, 0.1) is 23.4 Å². The van der Waals surface area contributed by atoms with E-state index in [1.807, 2.05) is 26.0 Å². The Morgan fingerprint density at radius 3 is 2.15 bits per heavy atom. The molecule has 4 rings (SSSR count). The minimum atomic E-state index is -0.697. The summed E-state index contributed by atoms with van der Waals surface area (Å²) in [6.45, 7) is 4.29. The van der Waals surface area contributed by atoms with Crippen LogP contribution in [0.4, 0.5) is 11.4 Å². The third-order valence-corrected chi connectivity index (χ3v) is 6.42. The number of amides is 2. The predicted molar refractivity (Wildman–Crippen MR) is 148 cm³/mol. The van der Waals surface area contributed by atoms with Crippen LogP contribution in [-0.4, -0.2) is 30.4 Å². The highest BCUT2D eigenvalue weighted by Gasteiger charge is 2.39. The van der Waals surface area contributed by atoms with Gasteiger partial charge in [0.15, 0.2) is 0 Å². The Hall–Kier alpha value is -4.43. The number of imide groups is 1. The fourth-order valence-corrected chi connectivity index (χ4v) is 4.09. The number of esters is 2. The Morgan fingerprint density at radius 1 is 0.846 bits per heavy atom. The Bertz CT molecular complexity index is 1430. The van der Waals surface area contributed by atoms with Crippen molar-refractivity contribution >= 4 is 46.7 Å². The molecule has 0 saturated heterocycles. The smallest absolute Gasteiger partial charge is 0.343 e. The van der Waals surface area contributed by atoms with E-state index < -0.39 is 23.8 Å². The summed E-state index contributed by atoms with van der Waals surface area (Å²) in [5.74, 6) is -1.84. The van der Waals surface area contributed by atoms with Crippen molar-refractivity contribution < 1.29 is 28.7 Å². The second-order valence-electron chi connectivity index (χ2n) is 8.72. The lowest BCUT2D eigenvalue weighted by Crippen LogP contribution is -2.32. The number of hydrogen-bond acceptors (Lipinski definition) is 7. The van der Waals surface area contributed by atoms with Gasteiger partial charge in [0.1, 0.15) is 16.5 Å². The van der Waals surface area contributed by atoms with E-state index in [2.05, 4.69) is 5.32 Å². The van der Waals surface area contributed by atoms with E-state index in [1.165, 1.54) is 24.3 Å². The average molecular weight is 547 g/mol. The summed E-state index contributed by atoms with van der Waals surface area (Å²) in [5.41, 5.74) is 2.15. The molecule has 0 aliphatic carbocycles. The molecule has 1 heterocycles. The summed E-state index contributed by atoms with van der Waals surface area (Å²) in [6.07, 6.45) is 2.39. The number of anilines is 2. The fraction of sp³-hybridized carbons (Fsp3) is 0.200. The van der Waals surface area contributed by atoms with Gasteiger partial charge in [0.25, 0.3) is 11.8 Å². The molecule has 0 aromatic heterocycles. The topological polar surface area (TPSA) is 102 Å². The fourth-order valence-electron chi connectivity index (χ4n) is 3.87. The number of rotatable bonds is 10. The number of ether oxygens (including phenoxy) is 2. The Kier molecular flexibility index (Phi) is 8.78. The maximum atomic E-state index is 13.1. The van der Waals surface area contributed by atoms with Gasteiger partial charge in [-0.05, 0) is 73.0 Å². The monoisotopic (exact) mass is 546 g/mol. The zero-order valence-corrected chi connectivity index (χ0v) is 22.3. The van der Waals surface area contributed by atoms with E-state index in [0.717, 1.165) is 29.7 Å². The molecule has 0 bridgehead atoms. The van der Waals surface area contributed by atoms with Gasteiger partial charge in [-0.15, -0.1) is 0 Å². The molecule has 0 fully saturated rings. The number of nitrogens with zero attached hydrogens (tertiary/aromatic N) is 1. The lowest BCUT2D eigenvalue weighted by atomic mass is 10.1. The van der Waals surface area contributed by atoms with Crippen molar-refractivity contribution in [1.29, 1.82) is 0 Å². The third-order valence-electron chi connectivity index (χ3n) is 6.07. The van der Waals surface area contributed by atoms with Crippen LogP contribution < -0.4 is 15.0 Å². The Morgan fingerprint density at radius 2 is 1.49 bits per heavy atom. The molecule has 0 atom stereocenters. The van der Waals surface area contributed by atoms with E-state index in [1.54, 1.807) is 36.4 Å². The largest absolute Gasteiger partial charge is 0.462 e. The Labute approximate surface area is 231 Å². The minimum Gasteiger partial charge on any atom is -0.462 e. The molecule has 1 aliphatic heterocycles. The summed E-state index contributed by atoms with van der Waals surface area (Å²) in [5, 5.41) is 2.60. The maximum Gasteiger partial charge on any atom is 0.343 e. The van der Waals surface area contributed by atoms with Crippen LogP contribution in [0.2, 0.25) is 0 Å². The summed E-state index contributed by atoms with van der Waals surface area (Å²) >= 11 is 6.23. The van der Waals surface area contributed by atoms with Gasteiger partial charge in [-0.2, -0.15) is 0 Å². The summed E-state index contributed by atoms with van der Waals surface area (Å²) in [6, 6.07) is 19.5. The first-order chi connectivity index (χ1) is 18.8. The molecule has 200 valence electrons. The van der Waals surface area contributed by atoms with E-state index in [0.29, 0.717) is 29.2 Å². The van der Waals surface area contributed by atoms with Crippen LogP contribution in [0.1, 0.15) is 53.0 Å². The Balaban J connectivity index is 1.42. The van der Waals surface area contributed by atoms with Gasteiger partial charge in [-0.25, -0.2) is 14.5 Å². The number of carbonyl (C=O) groups excluding carboxylic acids is 4. The molecule has 0 unspecified atom stereocenters. The van der Waals surface area contributed by atoms with Crippen molar-refractivity contribution in [3.05, 3.63) is 100 Å². The van der Waals surface area contributed by atoms with Gasteiger partial charge in [-0.3, -0.25) is 9.59 Å². The van der Waals surface area contributed by atoms with Crippen molar-refractivity contribution in [3.63, 3.8) is 0 Å². The van der Waals surface area contributed by atoms with Crippen molar-refractivity contribution in [2.24, 2.45) is 0 Å². The van der Waals surface area contributed by atoms with E-state index >= 15 is 0 Å². The predicted octanol–water partition coefficient (Wildman–Crippen LogP) is 5.86. The molecule has 1 aliphatic rings. The number of aryl methyl sites for hydroxylation is 1. The van der Waals surface area contributed by atoms with Crippen LogP contribution in [0.5, 0.6) is 5.75 Å². The SMILES string of the molecule is CCCCOC(=O)c1ccc(N2C(=O)C(Cl)=C(Nc3ccc(C(=O)Oc4ccccc4CC)cc3)C2=O)cc1. The van der Waals surface area contributed by atoms with Crippen molar-refractivity contribution in [2.75, 3.05) is 16.8 Å². The lowest BCUT2D eigenvalue weighted by Gasteiger charge is -2.15. The molecule has 8 nitrogen and oxygen atoms in total. The molecule has 0 spiro atoms. The number of unbranched alkanes of at least 4 members (excludes halogenated alkanes) is 1. The number of carbonyl (C=O) groups is 4. The first-order valence-electron chi connectivity index (χ1n) is 12.6. The normalized spacial score (nSPS) is 13.1. The summed E-state index contributed by atoms with van der Waals surface area (Å²) in [7, 11) is 0. The second-order valence-corrected chi connectivity index (χ2v) is 9.10. The molecule has 39 heavy (non-hydrogen) atoms. The molecule has 9 heteroatoms. The van der Waals surface area contributed by atoms with Crippen molar-refractivity contribution in [2.45, 2.75) is 33.1 Å². The van der Waals surface area contributed by atoms with Crippen LogP contribution in [0.25, 0.3) is 0 Å².